The van der Waals surface area contributed by atoms with Gasteiger partial charge in [0.25, 0.3) is 0 Å². The molecule has 1 aromatic carbocycles. The second-order valence-electron chi connectivity index (χ2n) is 4.92. The highest BCUT2D eigenvalue weighted by molar-refractivity contribution is 6.03. The van der Waals surface area contributed by atoms with Crippen LogP contribution in [0.15, 0.2) is 18.2 Å². The molecule has 0 heterocycles. The van der Waals surface area contributed by atoms with Gasteiger partial charge in [0.2, 0.25) is 0 Å². The van der Waals surface area contributed by atoms with Crippen molar-refractivity contribution in [1.82, 2.24) is 0 Å². The minimum atomic E-state index is 0.107. The summed E-state index contributed by atoms with van der Waals surface area (Å²) in [5, 5.41) is 0. The average molecular weight is 248 g/mol. The molecule has 1 aromatic rings. The van der Waals surface area contributed by atoms with E-state index in [-0.39, 0.29) is 11.7 Å². The summed E-state index contributed by atoms with van der Waals surface area (Å²) in [7, 11) is 3.17. The number of carbonyl (C=O) groups excluding carboxylic acids is 1. The molecule has 18 heavy (non-hydrogen) atoms. The first-order valence-corrected chi connectivity index (χ1v) is 6.44. The average Bonchev–Trinajstić information content (AvgIpc) is 2.83. The Labute approximate surface area is 108 Å². The second-order valence-corrected chi connectivity index (χ2v) is 4.92. The van der Waals surface area contributed by atoms with Crippen LogP contribution < -0.4 is 9.47 Å². The molecule has 1 aliphatic rings. The van der Waals surface area contributed by atoms with Crippen LogP contribution in [-0.2, 0) is 0 Å². The molecule has 0 aromatic heterocycles. The molecule has 0 N–H and O–H groups in total. The minimum absolute atomic E-state index is 0.107. The molecule has 1 aliphatic carbocycles. The van der Waals surface area contributed by atoms with Crippen LogP contribution >= 0.6 is 0 Å². The summed E-state index contributed by atoms with van der Waals surface area (Å²) in [6, 6.07) is 5.47. The van der Waals surface area contributed by atoms with Crippen molar-refractivity contribution in [3.8, 4) is 11.5 Å². The zero-order valence-electron chi connectivity index (χ0n) is 11.2. The number of hydrogen-bond donors (Lipinski definition) is 0. The number of benzene rings is 1. The van der Waals surface area contributed by atoms with Gasteiger partial charge >= 0.3 is 0 Å². The van der Waals surface area contributed by atoms with Crippen LogP contribution in [0.4, 0.5) is 0 Å². The molecular formula is C15H20O3. The third-order valence-electron chi connectivity index (χ3n) is 3.87. The largest absolute Gasteiger partial charge is 0.496 e. The molecule has 3 heteroatoms. The van der Waals surface area contributed by atoms with Crippen molar-refractivity contribution in [1.29, 1.82) is 0 Å². The Morgan fingerprint density at radius 2 is 1.78 bits per heavy atom. The third kappa shape index (κ3) is 2.22. The highest BCUT2D eigenvalue weighted by atomic mass is 16.5. The first-order valence-electron chi connectivity index (χ1n) is 6.44. The smallest absolute Gasteiger partial charge is 0.173 e. The van der Waals surface area contributed by atoms with Crippen LogP contribution in [0.1, 0.15) is 36.5 Å². The van der Waals surface area contributed by atoms with E-state index in [2.05, 4.69) is 6.92 Å². The first kappa shape index (κ1) is 12.9. The van der Waals surface area contributed by atoms with Crippen molar-refractivity contribution in [2.45, 2.75) is 26.2 Å². The van der Waals surface area contributed by atoms with E-state index >= 15 is 0 Å². The minimum Gasteiger partial charge on any atom is -0.496 e. The van der Waals surface area contributed by atoms with E-state index < -0.39 is 0 Å². The van der Waals surface area contributed by atoms with E-state index in [0.29, 0.717) is 23.0 Å². The monoisotopic (exact) mass is 248 g/mol. The fourth-order valence-electron chi connectivity index (χ4n) is 2.81. The van der Waals surface area contributed by atoms with E-state index in [1.54, 1.807) is 14.2 Å². The molecule has 0 aliphatic heterocycles. The lowest BCUT2D eigenvalue weighted by molar-refractivity contribution is 0.0890. The molecule has 0 bridgehead atoms. The number of methoxy groups -OCH3 is 2. The highest BCUT2D eigenvalue weighted by Gasteiger charge is 2.33. The lowest BCUT2D eigenvalue weighted by Crippen LogP contribution is -2.18. The molecule has 2 unspecified atom stereocenters. The molecule has 98 valence electrons. The lowest BCUT2D eigenvalue weighted by atomic mass is 9.89. The summed E-state index contributed by atoms with van der Waals surface area (Å²) in [6.07, 6.45) is 3.24. The molecule has 1 fully saturated rings. The van der Waals surface area contributed by atoms with Crippen molar-refractivity contribution >= 4 is 5.78 Å². The summed E-state index contributed by atoms with van der Waals surface area (Å²) in [4.78, 5) is 12.7. The Hall–Kier alpha value is -1.51. The fraction of sp³-hybridized carbons (Fsp3) is 0.533. The molecule has 3 nitrogen and oxygen atoms in total. The van der Waals surface area contributed by atoms with Gasteiger partial charge in [-0.05, 0) is 30.9 Å². The summed E-state index contributed by atoms with van der Waals surface area (Å²) in [6.45, 7) is 2.15. The van der Waals surface area contributed by atoms with E-state index in [1.165, 1.54) is 0 Å². The molecule has 2 rings (SSSR count). The predicted octanol–water partition coefficient (Wildman–Crippen LogP) is 3.32. The molecule has 0 spiro atoms. The van der Waals surface area contributed by atoms with Gasteiger partial charge in [-0.2, -0.15) is 0 Å². The van der Waals surface area contributed by atoms with Crippen LogP contribution in [0.2, 0.25) is 0 Å². The van der Waals surface area contributed by atoms with Crippen LogP contribution in [0.5, 0.6) is 11.5 Å². The zero-order chi connectivity index (χ0) is 13.1. The van der Waals surface area contributed by atoms with Crippen molar-refractivity contribution in [3.63, 3.8) is 0 Å². The number of Topliss-reactive ketones (excluding diaryl/α,β-unsaturated/α-hetero) is 1. The lowest BCUT2D eigenvalue weighted by Gasteiger charge is -2.18. The normalized spacial score (nSPS) is 22.8. The van der Waals surface area contributed by atoms with Gasteiger partial charge in [0.05, 0.1) is 14.2 Å². The SMILES string of the molecule is COc1cccc(OC)c1C(=O)C1CCCC1C. The van der Waals surface area contributed by atoms with Crippen LogP contribution in [-0.4, -0.2) is 20.0 Å². The molecule has 0 radical (unpaired) electrons. The van der Waals surface area contributed by atoms with Gasteiger partial charge < -0.3 is 9.47 Å². The van der Waals surface area contributed by atoms with Crippen molar-refractivity contribution in [3.05, 3.63) is 23.8 Å². The quantitative estimate of drug-likeness (QED) is 0.767. The number of rotatable bonds is 4. The fourth-order valence-corrected chi connectivity index (χ4v) is 2.81. The van der Waals surface area contributed by atoms with E-state index in [9.17, 15) is 4.79 Å². The number of carbonyl (C=O) groups is 1. The molecule has 0 amide bonds. The Bertz CT molecular complexity index is 417. The van der Waals surface area contributed by atoms with Gasteiger partial charge in [0, 0.05) is 5.92 Å². The third-order valence-corrected chi connectivity index (χ3v) is 3.87. The summed E-state index contributed by atoms with van der Waals surface area (Å²) in [5.41, 5.74) is 0.598. The van der Waals surface area contributed by atoms with Crippen LogP contribution in [0.25, 0.3) is 0 Å². The molecular weight excluding hydrogens is 228 g/mol. The summed E-state index contributed by atoms with van der Waals surface area (Å²) >= 11 is 0. The standard InChI is InChI=1S/C15H20O3/c1-10-6-4-7-11(10)15(16)14-12(17-2)8-5-9-13(14)18-3/h5,8-11H,4,6-7H2,1-3H3. The summed E-state index contributed by atoms with van der Waals surface area (Å²) < 4.78 is 10.6. The number of ether oxygens (including phenoxy) is 2. The Balaban J connectivity index is 2.39. The maximum atomic E-state index is 12.7. The van der Waals surface area contributed by atoms with Gasteiger partial charge in [0.1, 0.15) is 17.1 Å². The van der Waals surface area contributed by atoms with E-state index in [1.807, 2.05) is 18.2 Å². The van der Waals surface area contributed by atoms with Gasteiger partial charge in [0.15, 0.2) is 5.78 Å². The van der Waals surface area contributed by atoms with Gasteiger partial charge in [-0.3, -0.25) is 4.79 Å². The van der Waals surface area contributed by atoms with Gasteiger partial charge in [-0.15, -0.1) is 0 Å². The van der Waals surface area contributed by atoms with Gasteiger partial charge in [-0.1, -0.05) is 19.4 Å². The zero-order valence-corrected chi connectivity index (χ0v) is 11.2. The van der Waals surface area contributed by atoms with Crippen LogP contribution in [0, 0.1) is 11.8 Å². The van der Waals surface area contributed by atoms with Crippen molar-refractivity contribution in [2.24, 2.45) is 11.8 Å². The van der Waals surface area contributed by atoms with E-state index in [0.717, 1.165) is 19.3 Å². The number of ketones is 1. The summed E-state index contributed by atoms with van der Waals surface area (Å²) in [5.74, 6) is 1.94. The Morgan fingerprint density at radius 1 is 1.17 bits per heavy atom. The van der Waals surface area contributed by atoms with Crippen LogP contribution in [0.3, 0.4) is 0 Å². The Morgan fingerprint density at radius 3 is 2.22 bits per heavy atom. The van der Waals surface area contributed by atoms with E-state index in [4.69, 9.17) is 9.47 Å². The Kier molecular flexibility index (Phi) is 3.90. The second kappa shape index (κ2) is 5.42. The van der Waals surface area contributed by atoms with Crippen molar-refractivity contribution < 1.29 is 14.3 Å². The number of hydrogen-bond acceptors (Lipinski definition) is 3. The van der Waals surface area contributed by atoms with Gasteiger partial charge in [-0.25, -0.2) is 0 Å². The molecule has 0 saturated heterocycles. The first-order chi connectivity index (χ1) is 8.69. The molecule has 1 saturated carbocycles. The maximum Gasteiger partial charge on any atom is 0.173 e. The topological polar surface area (TPSA) is 35.5 Å². The highest BCUT2D eigenvalue weighted by Crippen LogP contribution is 2.38. The molecule has 2 atom stereocenters. The predicted molar refractivity (Wildman–Crippen MR) is 70.4 cm³/mol. The maximum absolute atomic E-state index is 12.7. The van der Waals surface area contributed by atoms with Crippen molar-refractivity contribution in [2.75, 3.05) is 14.2 Å².